The second-order valence-electron chi connectivity index (χ2n) is 43.2. The first-order valence-electron chi connectivity index (χ1n) is 42.0. The quantitative estimate of drug-likeness (QED) is 0.109. The zero-order chi connectivity index (χ0) is 80.8. The molecule has 8 aromatic rings. The number of hydrogen-bond donors (Lipinski definition) is 0. The molecule has 0 saturated carbocycles. The van der Waals surface area contributed by atoms with Gasteiger partial charge in [0.05, 0.1) is 7.11 Å². The minimum atomic E-state index is -1.82. The molecule has 14 rings (SSSR count). The van der Waals surface area contributed by atoms with Crippen molar-refractivity contribution in [3.05, 3.63) is 248 Å². The molecule has 0 bridgehead atoms. The number of benzene rings is 8. The minimum Gasteiger partial charge on any atom is -0.496 e. The monoisotopic (exact) mass is 1500 g/mol. The maximum absolute atomic E-state index is 6.98. The van der Waals surface area contributed by atoms with Gasteiger partial charge in [0.1, 0.15) is 5.75 Å². The van der Waals surface area contributed by atoms with Gasteiger partial charge in [0, 0.05) is 28.5 Å². The van der Waals surface area contributed by atoms with Crippen molar-refractivity contribution >= 4 is 42.8 Å². The molecule has 0 aromatic heterocycles. The second-order valence-corrected chi connectivity index (χ2v) is 49.9. The van der Waals surface area contributed by atoms with Crippen molar-refractivity contribution in [2.45, 2.75) is 326 Å². The van der Waals surface area contributed by atoms with Crippen LogP contribution in [0.4, 0.5) is 0 Å². The Labute approximate surface area is 674 Å². The highest BCUT2D eigenvalue weighted by atomic mass is 35.6. The Balaban J connectivity index is 0.000000167. The van der Waals surface area contributed by atoms with Crippen LogP contribution >= 0.6 is 11.1 Å². The molecule has 8 aromatic carbocycles. The van der Waals surface area contributed by atoms with Crippen LogP contribution in [0.2, 0.25) is 13.1 Å². The Hall–Kier alpha value is -6.97. The number of fused-ring (bicyclic) bond motifs is 6. The highest BCUT2D eigenvalue weighted by molar-refractivity contribution is 7.20. The molecule has 6 aliphatic rings. The summed E-state index contributed by atoms with van der Waals surface area (Å²) in [6, 6.07) is 43.6. The van der Waals surface area contributed by atoms with Gasteiger partial charge in [-0.15, -0.1) is 0 Å². The lowest BCUT2D eigenvalue weighted by atomic mass is 9.74. The predicted molar refractivity (Wildman–Crippen MR) is 487 cm³/mol. The molecule has 0 spiro atoms. The van der Waals surface area contributed by atoms with Crippen LogP contribution in [0.25, 0.3) is 68.8 Å². The van der Waals surface area contributed by atoms with E-state index in [4.69, 9.17) is 15.8 Å². The van der Waals surface area contributed by atoms with Gasteiger partial charge in [-0.25, -0.2) is 0 Å². The first kappa shape index (κ1) is 82.5. The van der Waals surface area contributed by atoms with Gasteiger partial charge in [0.2, 0.25) is 0 Å². The Bertz CT molecular complexity index is 4990. The molecule has 0 radical (unpaired) electrons. The first-order chi connectivity index (χ1) is 50.7. The molecule has 0 fully saturated rings. The van der Waals surface area contributed by atoms with Crippen molar-refractivity contribution in [2.75, 3.05) is 7.11 Å². The normalized spacial score (nSPS) is 17.6. The fourth-order valence-electron chi connectivity index (χ4n) is 19.2. The summed E-state index contributed by atoms with van der Waals surface area (Å²) in [6.07, 6.45) is 19.4. The number of rotatable bonds is 8. The van der Waals surface area contributed by atoms with Gasteiger partial charge < -0.3 is 4.74 Å². The molecule has 1 nitrogen and oxygen atoms in total. The molecule has 3 atom stereocenters. The first-order valence-corrected chi connectivity index (χ1v) is 46.1. The summed E-state index contributed by atoms with van der Waals surface area (Å²) < 4.78 is 6.15. The Morgan fingerprint density at radius 3 is 1.13 bits per heavy atom. The molecule has 0 N–H and O–H groups in total. The lowest BCUT2D eigenvalue weighted by Gasteiger charge is -2.30. The van der Waals surface area contributed by atoms with Crippen molar-refractivity contribution in [1.29, 1.82) is 0 Å². The van der Waals surface area contributed by atoms with E-state index >= 15 is 0 Å². The number of aryl methyl sites for hydroxylation is 2. The van der Waals surface area contributed by atoms with E-state index in [1.54, 1.807) is 27.8 Å². The van der Waals surface area contributed by atoms with Crippen LogP contribution in [0.1, 0.15) is 347 Å². The van der Waals surface area contributed by atoms with Gasteiger partial charge in [-0.3, -0.25) is 0 Å². The van der Waals surface area contributed by atoms with Crippen LogP contribution in [0.5, 0.6) is 5.75 Å². The van der Waals surface area contributed by atoms with Gasteiger partial charge in [-0.2, -0.15) is 11.1 Å². The smallest absolute Gasteiger partial charge is 0.161 e. The zero-order valence-corrected chi connectivity index (χ0v) is 76.1. The maximum atomic E-state index is 6.98. The van der Waals surface area contributed by atoms with Crippen molar-refractivity contribution in [2.24, 2.45) is 0 Å². The number of allylic oxidation sites excluding steroid dienone is 4. The second kappa shape index (κ2) is 29.1. The van der Waals surface area contributed by atoms with E-state index in [1.165, 1.54) is 194 Å². The van der Waals surface area contributed by atoms with Crippen LogP contribution in [0, 0.1) is 6.92 Å². The van der Waals surface area contributed by atoms with Crippen molar-refractivity contribution in [3.63, 3.8) is 0 Å². The van der Waals surface area contributed by atoms with Crippen molar-refractivity contribution in [1.82, 2.24) is 0 Å². The SMILES string of the molecule is CC1=Cc2c(cc(C(C)(C)C)c(C)c2-c2cc(C(C)(C)C)cc(C(C)(C)C)c2)C1CC1C(C)=Cc2c1cc1c(c2-c2ccc(C(C)(C)C)cc2)CCC1.CC1=Cc2c(cc3c(c2-c2ccc(C(C)(C)C)cc2)CCC3)C1[Si](C)(C)Cl.COc1c(C(C)(C)C)cc2c(c1-c1cc(C(C)(C)C)cc(C(C)(C)C)c1)CC(C)=C2. The van der Waals surface area contributed by atoms with Gasteiger partial charge in [0.25, 0.3) is 0 Å². The summed E-state index contributed by atoms with van der Waals surface area (Å²) in [5, 5.41) is 0. The third-order valence-electron chi connectivity index (χ3n) is 25.6. The molecular formula is C107H137ClOSi. The highest BCUT2D eigenvalue weighted by Crippen LogP contribution is 2.56. The molecule has 110 heavy (non-hydrogen) atoms. The standard InChI is InChI=1S/C53H66.C29H40O.C25H31ClSi/c1-31-23-45-44(30-47(53(13,14)15)33(3)48(45)36-25-38(51(7,8)9)28-39(26-36)52(10,11)12)42(31)29-41-32(2)24-46-43(41)27-35-17-16-18-40(35)49(46)34-19-21-37(22-20-34)50(4,5)6;1-18-12-19-16-24(29(8,9)10)26(30-11)25(23(19)13-18)20-14-21(27(2,3)4)17-22(15-20)28(5,6)7;1-16-14-21-22(24(16)27(5,6)26)15-18-8-7-9-20(18)23(21)17-10-12-19(13-11-17)25(2,3)4/h19-28,30,41-42H,16-18,29H2,1-15H3;12,14-17H,13H2,1-11H3;10-15,24H,7-9H2,1-6H3. The molecule has 582 valence electrons. The number of methoxy groups -OCH3 is 1. The van der Waals surface area contributed by atoms with Gasteiger partial charge in [-0.1, -0.05) is 329 Å². The van der Waals surface area contributed by atoms with E-state index in [1.807, 2.05) is 7.11 Å². The summed E-state index contributed by atoms with van der Waals surface area (Å²) >= 11 is 6.98. The average Bonchev–Trinajstić information content (AvgIpc) is 1.47. The molecular weight excluding hydrogens is 1360 g/mol. The maximum Gasteiger partial charge on any atom is 0.161 e. The third-order valence-corrected chi connectivity index (χ3v) is 28.4. The van der Waals surface area contributed by atoms with Crippen LogP contribution in [0.15, 0.2) is 131 Å². The van der Waals surface area contributed by atoms with Crippen LogP contribution in [-0.4, -0.2) is 14.5 Å². The molecule has 0 heterocycles. The molecule has 0 aliphatic heterocycles. The molecule has 0 saturated heterocycles. The Morgan fingerprint density at radius 1 is 0.364 bits per heavy atom. The van der Waals surface area contributed by atoms with Gasteiger partial charge in [0.15, 0.2) is 7.38 Å². The summed E-state index contributed by atoms with van der Waals surface area (Å²) in [5.74, 6) is 1.85. The largest absolute Gasteiger partial charge is 0.496 e. The fourth-order valence-corrected chi connectivity index (χ4v) is 22.2. The van der Waals surface area contributed by atoms with Gasteiger partial charge >= 0.3 is 0 Å². The predicted octanol–water partition coefficient (Wildman–Crippen LogP) is 30.9. The highest BCUT2D eigenvalue weighted by Gasteiger charge is 2.41. The summed E-state index contributed by atoms with van der Waals surface area (Å²) in [6.45, 7) is 72.1. The van der Waals surface area contributed by atoms with Crippen molar-refractivity contribution < 1.29 is 4.74 Å². The summed E-state index contributed by atoms with van der Waals surface area (Å²) in [4.78, 5) is 0. The van der Waals surface area contributed by atoms with E-state index in [2.05, 4.69) is 347 Å². The topological polar surface area (TPSA) is 9.23 Å². The Kier molecular flexibility index (Phi) is 21.9. The molecule has 6 aliphatic carbocycles. The van der Waals surface area contributed by atoms with E-state index in [0.29, 0.717) is 17.4 Å². The van der Waals surface area contributed by atoms with Crippen LogP contribution in [-0.2, 0) is 75.4 Å². The molecule has 3 heteroatoms. The summed E-state index contributed by atoms with van der Waals surface area (Å²) in [5.41, 5.74) is 48.9. The zero-order valence-electron chi connectivity index (χ0n) is 74.4. The minimum absolute atomic E-state index is 0.00789. The molecule has 0 amide bonds. The van der Waals surface area contributed by atoms with E-state index in [0.717, 1.165) is 18.6 Å². The average molecular weight is 1500 g/mol. The Morgan fingerprint density at radius 2 is 0.736 bits per heavy atom. The fraction of sp³-hybridized carbons (Fsp3) is 0.477. The van der Waals surface area contributed by atoms with E-state index in [-0.39, 0.29) is 43.3 Å². The van der Waals surface area contributed by atoms with Crippen LogP contribution in [0.3, 0.4) is 0 Å². The molecule has 3 unspecified atom stereocenters. The summed E-state index contributed by atoms with van der Waals surface area (Å²) in [7, 11) is 0.00248. The lowest BCUT2D eigenvalue weighted by molar-refractivity contribution is 0.399. The third kappa shape index (κ3) is 16.3. The van der Waals surface area contributed by atoms with Crippen LogP contribution < -0.4 is 4.74 Å². The number of hydrogen-bond acceptors (Lipinski definition) is 1. The number of halogens is 1. The van der Waals surface area contributed by atoms with E-state index in [9.17, 15) is 0 Å². The van der Waals surface area contributed by atoms with E-state index < -0.39 is 7.38 Å². The number of ether oxygens (including phenoxy) is 1. The van der Waals surface area contributed by atoms with Crippen molar-refractivity contribution in [3.8, 4) is 50.3 Å². The van der Waals surface area contributed by atoms with Gasteiger partial charge in [-0.05, 0) is 286 Å². The lowest BCUT2D eigenvalue weighted by Crippen LogP contribution is -2.28.